The van der Waals surface area contributed by atoms with Crippen LogP contribution >= 0.6 is 11.3 Å². The maximum atomic E-state index is 5.59. The number of aromatic nitrogens is 1. The molecule has 3 nitrogen and oxygen atoms in total. The second-order valence-corrected chi connectivity index (χ2v) is 6.26. The van der Waals surface area contributed by atoms with E-state index in [0.717, 1.165) is 36.8 Å². The zero-order chi connectivity index (χ0) is 15.1. The molecule has 0 aliphatic carbocycles. The molecule has 0 amide bonds. The number of hydrogen-bond acceptors (Lipinski definition) is 4. The second kappa shape index (κ2) is 8.15. The van der Waals surface area contributed by atoms with Crippen LogP contribution in [0.4, 0.5) is 0 Å². The highest BCUT2D eigenvalue weighted by Crippen LogP contribution is 2.21. The number of rotatable bonds is 8. The van der Waals surface area contributed by atoms with Crippen molar-refractivity contribution < 1.29 is 4.74 Å². The predicted molar refractivity (Wildman–Crippen MR) is 89.0 cm³/mol. The second-order valence-electron chi connectivity index (χ2n) is 5.11. The number of hydrogen-bond donors (Lipinski definition) is 1. The van der Waals surface area contributed by atoms with E-state index in [1.54, 1.807) is 11.3 Å². The molecule has 0 aliphatic heterocycles. The van der Waals surface area contributed by atoms with Crippen molar-refractivity contribution in [1.82, 2.24) is 10.3 Å². The average Bonchev–Trinajstić information content (AvgIpc) is 3.00. The van der Waals surface area contributed by atoms with E-state index in [9.17, 15) is 0 Å². The molecule has 1 aromatic carbocycles. The van der Waals surface area contributed by atoms with Gasteiger partial charge in [0.15, 0.2) is 0 Å². The minimum atomic E-state index is 0.284. The smallest absolute Gasteiger partial charge is 0.119 e. The fourth-order valence-corrected chi connectivity index (χ4v) is 2.85. The van der Waals surface area contributed by atoms with Crippen LogP contribution in [0.5, 0.6) is 5.75 Å². The van der Waals surface area contributed by atoms with Crippen LogP contribution in [0.2, 0.25) is 0 Å². The first-order valence-corrected chi connectivity index (χ1v) is 8.44. The van der Waals surface area contributed by atoms with Crippen LogP contribution in [0.15, 0.2) is 30.5 Å². The molecular formula is C17H24N2OS. The number of aryl methyl sites for hydroxylation is 1. The van der Waals surface area contributed by atoms with Crippen molar-refractivity contribution in [2.75, 3.05) is 6.61 Å². The Hall–Kier alpha value is -1.39. The van der Waals surface area contributed by atoms with Gasteiger partial charge in [-0.2, -0.15) is 0 Å². The third-order valence-corrected chi connectivity index (χ3v) is 4.62. The van der Waals surface area contributed by atoms with Gasteiger partial charge in [0.25, 0.3) is 0 Å². The number of ether oxygens (including phenoxy) is 1. The Bertz CT molecular complexity index is 536. The van der Waals surface area contributed by atoms with Gasteiger partial charge in [0.1, 0.15) is 10.8 Å². The van der Waals surface area contributed by atoms with Gasteiger partial charge in [-0.3, -0.25) is 0 Å². The summed E-state index contributed by atoms with van der Waals surface area (Å²) >= 11 is 1.79. The molecule has 0 fully saturated rings. The zero-order valence-electron chi connectivity index (χ0n) is 13.1. The lowest BCUT2D eigenvalue weighted by molar-refractivity contribution is 0.317. The summed E-state index contributed by atoms with van der Waals surface area (Å²) in [6.07, 6.45) is 4.08. The van der Waals surface area contributed by atoms with Crippen molar-refractivity contribution in [2.45, 2.75) is 46.2 Å². The van der Waals surface area contributed by atoms with Gasteiger partial charge < -0.3 is 10.1 Å². The molecule has 0 bridgehead atoms. The summed E-state index contributed by atoms with van der Waals surface area (Å²) in [7, 11) is 0. The van der Waals surface area contributed by atoms with Gasteiger partial charge in [-0.15, -0.1) is 11.3 Å². The third-order valence-electron chi connectivity index (χ3n) is 3.30. The standard InChI is InChI=1S/C17H24N2OS/c1-4-10-20-15-8-6-14(7-9-15)11-18-13(3)17-19-12-16(5-2)21-17/h6-9,12-13,18H,4-5,10-11H2,1-3H3. The summed E-state index contributed by atoms with van der Waals surface area (Å²) in [5.74, 6) is 0.946. The minimum absolute atomic E-state index is 0.284. The molecule has 0 saturated heterocycles. The number of nitrogens with zero attached hydrogens (tertiary/aromatic N) is 1. The minimum Gasteiger partial charge on any atom is -0.494 e. The molecule has 0 spiro atoms. The van der Waals surface area contributed by atoms with E-state index >= 15 is 0 Å². The van der Waals surface area contributed by atoms with Crippen LogP contribution in [-0.2, 0) is 13.0 Å². The van der Waals surface area contributed by atoms with Gasteiger partial charge in [-0.1, -0.05) is 26.0 Å². The van der Waals surface area contributed by atoms with Crippen LogP contribution in [0.1, 0.15) is 48.7 Å². The molecule has 1 aromatic heterocycles. The summed E-state index contributed by atoms with van der Waals surface area (Å²) in [6, 6.07) is 8.59. The Balaban J connectivity index is 1.84. The molecule has 1 heterocycles. The molecule has 1 unspecified atom stereocenters. The molecule has 1 N–H and O–H groups in total. The van der Waals surface area contributed by atoms with Crippen molar-refractivity contribution in [1.29, 1.82) is 0 Å². The molecule has 1 atom stereocenters. The van der Waals surface area contributed by atoms with Crippen LogP contribution < -0.4 is 10.1 Å². The fourth-order valence-electron chi connectivity index (χ4n) is 1.97. The summed E-state index contributed by atoms with van der Waals surface area (Å²) in [5.41, 5.74) is 1.26. The first kappa shape index (κ1) is 16.0. The number of thiazole rings is 1. The van der Waals surface area contributed by atoms with E-state index in [0.29, 0.717) is 0 Å². The van der Waals surface area contributed by atoms with Crippen LogP contribution in [0.25, 0.3) is 0 Å². The van der Waals surface area contributed by atoms with E-state index in [-0.39, 0.29) is 6.04 Å². The molecule has 2 aromatic rings. The highest BCUT2D eigenvalue weighted by Gasteiger charge is 2.09. The van der Waals surface area contributed by atoms with E-state index in [4.69, 9.17) is 4.74 Å². The highest BCUT2D eigenvalue weighted by molar-refractivity contribution is 7.11. The van der Waals surface area contributed by atoms with Crippen LogP contribution in [0.3, 0.4) is 0 Å². The highest BCUT2D eigenvalue weighted by atomic mass is 32.1. The number of nitrogens with one attached hydrogen (secondary N) is 1. The normalized spacial score (nSPS) is 12.3. The lowest BCUT2D eigenvalue weighted by atomic mass is 10.2. The summed E-state index contributed by atoms with van der Waals surface area (Å²) in [4.78, 5) is 5.83. The van der Waals surface area contributed by atoms with E-state index in [1.165, 1.54) is 10.4 Å². The van der Waals surface area contributed by atoms with E-state index in [2.05, 4.69) is 43.2 Å². The summed E-state index contributed by atoms with van der Waals surface area (Å²) in [6.45, 7) is 8.06. The van der Waals surface area contributed by atoms with Crippen molar-refractivity contribution in [3.63, 3.8) is 0 Å². The lowest BCUT2D eigenvalue weighted by Crippen LogP contribution is -2.17. The molecule has 2 rings (SSSR count). The first-order chi connectivity index (χ1) is 10.2. The molecule has 0 aliphatic rings. The maximum Gasteiger partial charge on any atom is 0.119 e. The summed E-state index contributed by atoms with van der Waals surface area (Å²) < 4.78 is 5.59. The van der Waals surface area contributed by atoms with Gasteiger partial charge >= 0.3 is 0 Å². The van der Waals surface area contributed by atoms with Gasteiger partial charge in [-0.05, 0) is 37.5 Å². The number of benzene rings is 1. The molecular weight excluding hydrogens is 280 g/mol. The first-order valence-electron chi connectivity index (χ1n) is 7.62. The zero-order valence-corrected chi connectivity index (χ0v) is 13.9. The van der Waals surface area contributed by atoms with Crippen molar-refractivity contribution in [2.24, 2.45) is 0 Å². The van der Waals surface area contributed by atoms with Gasteiger partial charge in [0, 0.05) is 17.6 Å². The molecule has 4 heteroatoms. The van der Waals surface area contributed by atoms with Crippen LogP contribution in [-0.4, -0.2) is 11.6 Å². The Morgan fingerprint density at radius 1 is 1.24 bits per heavy atom. The van der Waals surface area contributed by atoms with Crippen molar-refractivity contribution >= 4 is 11.3 Å². The SMILES string of the molecule is CCCOc1ccc(CNC(C)c2ncc(CC)s2)cc1. The molecule has 114 valence electrons. The van der Waals surface area contributed by atoms with Crippen molar-refractivity contribution in [3.8, 4) is 5.75 Å². The Kier molecular flexibility index (Phi) is 6.21. The fraction of sp³-hybridized carbons (Fsp3) is 0.471. The lowest BCUT2D eigenvalue weighted by Gasteiger charge is -2.11. The Labute approximate surface area is 131 Å². The quantitative estimate of drug-likeness (QED) is 0.787. The van der Waals surface area contributed by atoms with Gasteiger partial charge in [0.05, 0.1) is 12.6 Å². The van der Waals surface area contributed by atoms with E-state index < -0.39 is 0 Å². The summed E-state index contributed by atoms with van der Waals surface area (Å²) in [5, 5.41) is 4.68. The Morgan fingerprint density at radius 2 is 2.00 bits per heavy atom. The Morgan fingerprint density at radius 3 is 2.62 bits per heavy atom. The largest absolute Gasteiger partial charge is 0.494 e. The van der Waals surface area contributed by atoms with Gasteiger partial charge in [-0.25, -0.2) is 4.98 Å². The molecule has 0 saturated carbocycles. The maximum absolute atomic E-state index is 5.59. The third kappa shape index (κ3) is 4.83. The topological polar surface area (TPSA) is 34.1 Å². The van der Waals surface area contributed by atoms with Gasteiger partial charge in [0.2, 0.25) is 0 Å². The predicted octanol–water partition coefficient (Wildman–Crippen LogP) is 4.35. The van der Waals surface area contributed by atoms with Crippen molar-refractivity contribution in [3.05, 3.63) is 45.9 Å². The van der Waals surface area contributed by atoms with E-state index in [1.807, 2.05) is 18.3 Å². The van der Waals surface area contributed by atoms with Crippen LogP contribution in [0, 0.1) is 0 Å². The average molecular weight is 304 g/mol. The molecule has 21 heavy (non-hydrogen) atoms. The monoisotopic (exact) mass is 304 g/mol. The molecule has 0 radical (unpaired) electrons.